The van der Waals surface area contributed by atoms with Gasteiger partial charge in [0.15, 0.2) is 11.6 Å². The summed E-state index contributed by atoms with van der Waals surface area (Å²) < 4.78 is 0. The van der Waals surface area contributed by atoms with Crippen molar-refractivity contribution < 1.29 is 14.7 Å². The molecular formula is C17H13NO3. The first kappa shape index (κ1) is 13.1. The van der Waals surface area contributed by atoms with Crippen LogP contribution in [-0.2, 0) is 0 Å². The molecule has 0 fully saturated rings. The average molecular weight is 279 g/mol. The van der Waals surface area contributed by atoms with Crippen LogP contribution in [0.2, 0.25) is 0 Å². The van der Waals surface area contributed by atoms with Gasteiger partial charge in [-0.3, -0.25) is 9.59 Å². The number of hydrogen-bond acceptors (Lipinski definition) is 4. The number of carbonyl (C=O) groups excluding carboxylic acids is 2. The van der Waals surface area contributed by atoms with Crippen molar-refractivity contribution in [1.82, 2.24) is 0 Å². The smallest absolute Gasteiger partial charge is 0.196 e. The molecule has 2 aromatic rings. The summed E-state index contributed by atoms with van der Waals surface area (Å²) in [5.74, 6) is -0.527. The van der Waals surface area contributed by atoms with Crippen molar-refractivity contribution in [1.29, 1.82) is 0 Å². The maximum absolute atomic E-state index is 12.7. The first-order valence-corrected chi connectivity index (χ1v) is 6.54. The first-order chi connectivity index (χ1) is 10.1. The molecule has 2 N–H and O–H groups in total. The van der Waals surface area contributed by atoms with E-state index in [1.54, 1.807) is 30.3 Å². The van der Waals surface area contributed by atoms with Gasteiger partial charge < -0.3 is 10.4 Å². The standard InChI is InChI=1S/C17H13NO3/c1-2-9-18-15-13(19)8-7-12-14(15)17(21)11-6-4-3-5-10(11)16(12)20/h2-8,18-19H,1,9H2. The Labute approximate surface area is 121 Å². The molecule has 0 aliphatic heterocycles. The van der Waals surface area contributed by atoms with Crippen LogP contribution in [0, 0.1) is 0 Å². The predicted octanol–water partition coefficient (Wildman–Crippen LogP) is 2.77. The Balaban J connectivity index is 2.25. The van der Waals surface area contributed by atoms with E-state index in [1.807, 2.05) is 0 Å². The van der Waals surface area contributed by atoms with Gasteiger partial charge in [-0.25, -0.2) is 0 Å². The number of benzene rings is 2. The summed E-state index contributed by atoms with van der Waals surface area (Å²) >= 11 is 0. The van der Waals surface area contributed by atoms with Gasteiger partial charge in [-0.15, -0.1) is 6.58 Å². The quantitative estimate of drug-likeness (QED) is 0.571. The van der Waals surface area contributed by atoms with Gasteiger partial charge in [0.2, 0.25) is 0 Å². The van der Waals surface area contributed by atoms with E-state index in [9.17, 15) is 14.7 Å². The molecule has 0 atom stereocenters. The van der Waals surface area contributed by atoms with Crippen molar-refractivity contribution in [2.45, 2.75) is 0 Å². The van der Waals surface area contributed by atoms with Crippen LogP contribution in [0.15, 0.2) is 49.1 Å². The summed E-state index contributed by atoms with van der Waals surface area (Å²) in [5, 5.41) is 12.9. The largest absolute Gasteiger partial charge is 0.506 e. The number of fused-ring (bicyclic) bond motifs is 2. The Morgan fingerprint density at radius 3 is 2.33 bits per heavy atom. The molecule has 0 heterocycles. The lowest BCUT2D eigenvalue weighted by molar-refractivity contribution is 0.0979. The zero-order valence-corrected chi connectivity index (χ0v) is 11.2. The molecule has 0 aromatic heterocycles. The minimum Gasteiger partial charge on any atom is -0.506 e. The van der Waals surface area contributed by atoms with Crippen LogP contribution in [-0.4, -0.2) is 23.2 Å². The second-order valence-corrected chi connectivity index (χ2v) is 4.76. The highest BCUT2D eigenvalue weighted by molar-refractivity contribution is 6.30. The predicted molar refractivity (Wildman–Crippen MR) is 80.1 cm³/mol. The maximum atomic E-state index is 12.7. The van der Waals surface area contributed by atoms with Crippen molar-refractivity contribution in [3.05, 3.63) is 71.3 Å². The van der Waals surface area contributed by atoms with Crippen LogP contribution < -0.4 is 5.32 Å². The summed E-state index contributed by atoms with van der Waals surface area (Å²) in [6.07, 6.45) is 1.61. The number of rotatable bonds is 3. The van der Waals surface area contributed by atoms with E-state index in [0.29, 0.717) is 23.2 Å². The third-order valence-electron chi connectivity index (χ3n) is 3.49. The van der Waals surface area contributed by atoms with Crippen molar-refractivity contribution in [3.8, 4) is 5.75 Å². The van der Waals surface area contributed by atoms with Crippen molar-refractivity contribution in [2.24, 2.45) is 0 Å². The average Bonchev–Trinajstić information content (AvgIpc) is 2.51. The van der Waals surface area contributed by atoms with Crippen LogP contribution in [0.4, 0.5) is 5.69 Å². The van der Waals surface area contributed by atoms with Gasteiger partial charge in [-0.1, -0.05) is 30.3 Å². The molecule has 0 radical (unpaired) electrons. The van der Waals surface area contributed by atoms with Crippen molar-refractivity contribution in [2.75, 3.05) is 11.9 Å². The molecule has 0 amide bonds. The molecule has 4 heteroatoms. The Morgan fingerprint density at radius 2 is 1.67 bits per heavy atom. The molecule has 0 spiro atoms. The second-order valence-electron chi connectivity index (χ2n) is 4.76. The molecular weight excluding hydrogens is 266 g/mol. The van der Waals surface area contributed by atoms with Crippen LogP contribution in [0.1, 0.15) is 31.8 Å². The van der Waals surface area contributed by atoms with E-state index in [4.69, 9.17) is 0 Å². The Bertz CT molecular complexity index is 778. The molecule has 4 nitrogen and oxygen atoms in total. The van der Waals surface area contributed by atoms with Gasteiger partial charge in [0, 0.05) is 23.2 Å². The summed E-state index contributed by atoms with van der Waals surface area (Å²) in [7, 11) is 0. The number of hydrogen-bond donors (Lipinski definition) is 2. The van der Waals surface area contributed by atoms with Gasteiger partial charge >= 0.3 is 0 Å². The van der Waals surface area contributed by atoms with E-state index in [-0.39, 0.29) is 28.6 Å². The van der Waals surface area contributed by atoms with E-state index in [2.05, 4.69) is 11.9 Å². The molecule has 0 bridgehead atoms. The van der Waals surface area contributed by atoms with E-state index >= 15 is 0 Å². The SMILES string of the molecule is C=CCNc1c(O)ccc2c1C(=O)c1ccccc1C2=O. The molecule has 2 aromatic carbocycles. The number of nitrogens with one attached hydrogen (secondary N) is 1. The zero-order chi connectivity index (χ0) is 15.0. The van der Waals surface area contributed by atoms with Crippen molar-refractivity contribution in [3.63, 3.8) is 0 Å². The fourth-order valence-corrected chi connectivity index (χ4v) is 2.53. The van der Waals surface area contributed by atoms with Gasteiger partial charge in [0.05, 0.1) is 11.3 Å². The molecule has 0 saturated carbocycles. The molecule has 1 aliphatic rings. The second kappa shape index (κ2) is 4.90. The summed E-state index contributed by atoms with van der Waals surface area (Å²) in [6.45, 7) is 3.97. The number of phenolic OH excluding ortho intramolecular Hbond substituents is 1. The normalized spacial score (nSPS) is 12.6. The third kappa shape index (κ3) is 1.92. The topological polar surface area (TPSA) is 66.4 Å². The zero-order valence-electron chi connectivity index (χ0n) is 11.2. The highest BCUT2D eigenvalue weighted by atomic mass is 16.3. The number of phenols is 1. The molecule has 0 saturated heterocycles. The van der Waals surface area contributed by atoms with Crippen LogP contribution in [0.5, 0.6) is 5.75 Å². The van der Waals surface area contributed by atoms with Crippen LogP contribution in [0.25, 0.3) is 0 Å². The fourth-order valence-electron chi connectivity index (χ4n) is 2.53. The number of anilines is 1. The first-order valence-electron chi connectivity index (χ1n) is 6.54. The monoisotopic (exact) mass is 279 g/mol. The highest BCUT2D eigenvalue weighted by Gasteiger charge is 2.32. The van der Waals surface area contributed by atoms with Crippen molar-refractivity contribution >= 4 is 17.3 Å². The van der Waals surface area contributed by atoms with Crippen LogP contribution >= 0.6 is 0 Å². The number of aromatic hydroxyl groups is 1. The lowest BCUT2D eigenvalue weighted by Gasteiger charge is -2.21. The summed E-state index contributed by atoms with van der Waals surface area (Å²) in [5.41, 5.74) is 1.57. The third-order valence-corrected chi connectivity index (χ3v) is 3.49. The lowest BCUT2D eigenvalue weighted by Crippen LogP contribution is -2.22. The molecule has 21 heavy (non-hydrogen) atoms. The van der Waals surface area contributed by atoms with E-state index in [0.717, 1.165) is 0 Å². The van der Waals surface area contributed by atoms with Gasteiger partial charge in [-0.2, -0.15) is 0 Å². The minimum absolute atomic E-state index is 0.0591. The number of ketones is 2. The molecule has 3 rings (SSSR count). The van der Waals surface area contributed by atoms with Gasteiger partial charge in [0.25, 0.3) is 0 Å². The van der Waals surface area contributed by atoms with Gasteiger partial charge in [-0.05, 0) is 12.1 Å². The summed E-state index contributed by atoms with van der Waals surface area (Å²) in [4.78, 5) is 25.2. The van der Waals surface area contributed by atoms with E-state index in [1.165, 1.54) is 12.1 Å². The Hall–Kier alpha value is -2.88. The number of carbonyl (C=O) groups is 2. The minimum atomic E-state index is -0.261. The maximum Gasteiger partial charge on any atom is 0.196 e. The highest BCUT2D eigenvalue weighted by Crippen LogP contribution is 2.36. The molecule has 0 unspecified atom stereocenters. The van der Waals surface area contributed by atoms with Crippen LogP contribution in [0.3, 0.4) is 0 Å². The lowest BCUT2D eigenvalue weighted by atomic mass is 9.83. The van der Waals surface area contributed by atoms with E-state index < -0.39 is 0 Å². The molecule has 1 aliphatic carbocycles. The molecule has 104 valence electrons. The fraction of sp³-hybridized carbons (Fsp3) is 0.0588. The Kier molecular flexibility index (Phi) is 3.06. The van der Waals surface area contributed by atoms with Gasteiger partial charge in [0.1, 0.15) is 5.75 Å². The Morgan fingerprint density at radius 1 is 1.00 bits per heavy atom. The summed E-state index contributed by atoms with van der Waals surface area (Å²) in [6, 6.07) is 9.62.